The van der Waals surface area contributed by atoms with Crippen LogP contribution >= 0.6 is 21.6 Å². The van der Waals surface area contributed by atoms with Crippen LogP contribution in [0.15, 0.2) is 0 Å². The van der Waals surface area contributed by atoms with E-state index in [0.717, 1.165) is 11.7 Å². The van der Waals surface area contributed by atoms with E-state index in [1.54, 1.807) is 0 Å². The maximum absolute atomic E-state index is 10.2. The molecule has 0 spiro atoms. The standard InChI is InChI=1S/C8H15N2OS2/c9-8(11)10-5-2-1-3-7-4-6-12-13-7/h7,9H,1-6H2,(H,10,11). The smallest absolute Gasteiger partial charge is 0.333 e. The van der Waals surface area contributed by atoms with Crippen LogP contribution in [0.5, 0.6) is 0 Å². The van der Waals surface area contributed by atoms with E-state index in [2.05, 4.69) is 5.32 Å². The summed E-state index contributed by atoms with van der Waals surface area (Å²) in [4.78, 5) is 10.2. The summed E-state index contributed by atoms with van der Waals surface area (Å²) >= 11 is 0. The third-order valence-corrected chi connectivity index (χ3v) is 4.97. The topological polar surface area (TPSA) is 52.9 Å². The minimum atomic E-state index is -0.661. The molecule has 1 heterocycles. The summed E-state index contributed by atoms with van der Waals surface area (Å²) in [5.41, 5.74) is 6.62. The van der Waals surface area contributed by atoms with Crippen molar-refractivity contribution in [2.75, 3.05) is 12.3 Å². The molecule has 5 heteroatoms. The number of hydrogen-bond donors (Lipinski definition) is 1. The summed E-state index contributed by atoms with van der Waals surface area (Å²) in [5, 5.41) is 3.32. The van der Waals surface area contributed by atoms with Gasteiger partial charge >= 0.3 is 6.03 Å². The predicted octanol–water partition coefficient (Wildman–Crippen LogP) is 2.30. The average Bonchev–Trinajstić information content (AvgIpc) is 2.55. The van der Waals surface area contributed by atoms with Gasteiger partial charge in [0.2, 0.25) is 0 Å². The molecule has 1 fully saturated rings. The Morgan fingerprint density at radius 2 is 2.38 bits per heavy atom. The minimum Gasteiger partial charge on any atom is -0.337 e. The van der Waals surface area contributed by atoms with E-state index in [1.807, 2.05) is 21.6 Å². The van der Waals surface area contributed by atoms with Gasteiger partial charge in [-0.2, -0.15) is 0 Å². The molecule has 0 aromatic carbocycles. The van der Waals surface area contributed by atoms with Gasteiger partial charge in [-0.05, 0) is 19.3 Å². The monoisotopic (exact) mass is 219 g/mol. The second-order valence-electron chi connectivity index (χ2n) is 3.08. The minimum absolute atomic E-state index is 0.660. The summed E-state index contributed by atoms with van der Waals surface area (Å²) in [5.74, 6) is 1.29. The summed E-state index contributed by atoms with van der Waals surface area (Å²) in [6, 6.07) is -0.661. The van der Waals surface area contributed by atoms with Crippen LogP contribution in [-0.2, 0) is 0 Å². The number of carbonyl (C=O) groups is 1. The van der Waals surface area contributed by atoms with Gasteiger partial charge in [-0.25, -0.2) is 10.5 Å². The van der Waals surface area contributed by atoms with Crippen LogP contribution in [0.3, 0.4) is 0 Å². The molecular formula is C8H15N2OS2. The van der Waals surface area contributed by atoms with Crippen LogP contribution in [0.4, 0.5) is 4.79 Å². The first-order valence-electron chi connectivity index (χ1n) is 4.57. The normalized spacial score (nSPS) is 21.7. The highest BCUT2D eigenvalue weighted by atomic mass is 33.1. The zero-order valence-electron chi connectivity index (χ0n) is 7.54. The van der Waals surface area contributed by atoms with Gasteiger partial charge in [-0.1, -0.05) is 28.0 Å². The molecule has 1 aliphatic heterocycles. The molecule has 1 radical (unpaired) electrons. The number of nitrogens with one attached hydrogen (secondary N) is 2. The number of rotatable bonds is 5. The highest BCUT2D eigenvalue weighted by Crippen LogP contribution is 2.39. The molecule has 0 aromatic heterocycles. The zero-order chi connectivity index (χ0) is 9.52. The fourth-order valence-electron chi connectivity index (χ4n) is 1.26. The number of unbranched alkanes of at least 4 members (excludes halogenated alkanes) is 1. The van der Waals surface area contributed by atoms with Crippen LogP contribution in [0.2, 0.25) is 0 Å². The van der Waals surface area contributed by atoms with Crippen LogP contribution in [0.1, 0.15) is 25.7 Å². The molecule has 1 aliphatic rings. The van der Waals surface area contributed by atoms with E-state index < -0.39 is 6.03 Å². The van der Waals surface area contributed by atoms with E-state index in [-0.39, 0.29) is 0 Å². The number of hydrogen-bond acceptors (Lipinski definition) is 3. The van der Waals surface area contributed by atoms with Gasteiger partial charge in [0.25, 0.3) is 0 Å². The van der Waals surface area contributed by atoms with Gasteiger partial charge in [0.15, 0.2) is 0 Å². The Morgan fingerprint density at radius 1 is 1.54 bits per heavy atom. The van der Waals surface area contributed by atoms with Gasteiger partial charge in [0.1, 0.15) is 0 Å². The van der Waals surface area contributed by atoms with Crippen molar-refractivity contribution >= 4 is 27.6 Å². The zero-order valence-corrected chi connectivity index (χ0v) is 9.18. The quantitative estimate of drug-likeness (QED) is 0.570. The van der Waals surface area contributed by atoms with Crippen molar-refractivity contribution in [3.63, 3.8) is 0 Å². The van der Waals surface area contributed by atoms with Crippen molar-refractivity contribution in [3.05, 3.63) is 0 Å². The fraction of sp³-hybridized carbons (Fsp3) is 0.875. The van der Waals surface area contributed by atoms with Crippen molar-refractivity contribution in [3.8, 4) is 0 Å². The van der Waals surface area contributed by atoms with Gasteiger partial charge in [-0.15, -0.1) is 0 Å². The Kier molecular flexibility index (Phi) is 5.46. The van der Waals surface area contributed by atoms with E-state index in [9.17, 15) is 4.79 Å². The van der Waals surface area contributed by atoms with E-state index in [4.69, 9.17) is 5.73 Å². The van der Waals surface area contributed by atoms with Gasteiger partial charge < -0.3 is 5.32 Å². The largest absolute Gasteiger partial charge is 0.337 e. The van der Waals surface area contributed by atoms with Crippen LogP contribution < -0.4 is 11.1 Å². The van der Waals surface area contributed by atoms with Crippen molar-refractivity contribution in [1.29, 1.82) is 0 Å². The molecule has 0 saturated carbocycles. The Balaban J connectivity index is 1.86. The third kappa shape index (κ3) is 5.31. The highest BCUT2D eigenvalue weighted by Gasteiger charge is 2.15. The van der Waals surface area contributed by atoms with Crippen molar-refractivity contribution in [1.82, 2.24) is 11.1 Å². The molecule has 0 aromatic rings. The molecule has 13 heavy (non-hydrogen) atoms. The van der Waals surface area contributed by atoms with Crippen molar-refractivity contribution in [2.45, 2.75) is 30.9 Å². The molecule has 75 valence electrons. The van der Waals surface area contributed by atoms with Crippen LogP contribution in [0.25, 0.3) is 0 Å². The van der Waals surface area contributed by atoms with Gasteiger partial charge in [0.05, 0.1) is 0 Å². The number of urea groups is 1. The number of amides is 2. The molecule has 2 N–H and O–H groups in total. The lowest BCUT2D eigenvalue weighted by Gasteiger charge is -2.06. The van der Waals surface area contributed by atoms with Gasteiger partial charge in [-0.3, -0.25) is 0 Å². The van der Waals surface area contributed by atoms with Crippen LogP contribution in [0, 0.1) is 0 Å². The lowest BCUT2D eigenvalue weighted by Crippen LogP contribution is -2.23. The molecule has 1 unspecified atom stereocenters. The van der Waals surface area contributed by atoms with Crippen molar-refractivity contribution in [2.24, 2.45) is 0 Å². The predicted molar refractivity (Wildman–Crippen MR) is 58.8 cm³/mol. The van der Waals surface area contributed by atoms with Crippen LogP contribution in [-0.4, -0.2) is 23.6 Å². The van der Waals surface area contributed by atoms with E-state index in [1.165, 1.54) is 25.0 Å². The number of carbonyl (C=O) groups excluding carboxylic acids is 1. The second kappa shape index (κ2) is 6.43. The third-order valence-electron chi connectivity index (χ3n) is 1.97. The lowest BCUT2D eigenvalue weighted by atomic mass is 10.1. The second-order valence-corrected chi connectivity index (χ2v) is 5.87. The molecule has 3 nitrogen and oxygen atoms in total. The average molecular weight is 219 g/mol. The Hall–Kier alpha value is -0.0300. The summed E-state index contributed by atoms with van der Waals surface area (Å²) in [6.07, 6.45) is 4.76. The Bertz CT molecular complexity index is 160. The maximum atomic E-state index is 10.2. The molecule has 1 rings (SSSR count). The summed E-state index contributed by atoms with van der Waals surface area (Å²) in [7, 11) is 3.97. The molecule has 2 amide bonds. The van der Waals surface area contributed by atoms with E-state index >= 15 is 0 Å². The molecule has 0 aliphatic carbocycles. The first kappa shape index (κ1) is 11.0. The molecule has 1 atom stereocenters. The molecule has 1 saturated heterocycles. The molecular weight excluding hydrogens is 204 g/mol. The van der Waals surface area contributed by atoms with Crippen molar-refractivity contribution < 1.29 is 4.79 Å². The molecule has 0 bridgehead atoms. The summed E-state index contributed by atoms with van der Waals surface area (Å²) < 4.78 is 0. The highest BCUT2D eigenvalue weighted by molar-refractivity contribution is 8.77. The Morgan fingerprint density at radius 3 is 3.00 bits per heavy atom. The van der Waals surface area contributed by atoms with E-state index in [0.29, 0.717) is 6.54 Å². The Labute approximate surface area is 87.0 Å². The first-order valence-corrected chi connectivity index (χ1v) is 6.95. The van der Waals surface area contributed by atoms with Gasteiger partial charge in [0, 0.05) is 17.5 Å². The first-order chi connectivity index (χ1) is 6.29. The maximum Gasteiger partial charge on any atom is 0.333 e. The summed E-state index contributed by atoms with van der Waals surface area (Å²) in [6.45, 7) is 0.660. The SMILES string of the molecule is [NH]C(=O)NCCCCC1CCSS1. The lowest BCUT2D eigenvalue weighted by molar-refractivity contribution is 0.247. The fourth-order valence-corrected chi connectivity index (χ4v) is 4.29.